The van der Waals surface area contributed by atoms with Crippen molar-refractivity contribution in [1.29, 1.82) is 0 Å². The minimum atomic E-state index is -1.14. The van der Waals surface area contributed by atoms with Gasteiger partial charge in [-0.2, -0.15) is 0 Å². The van der Waals surface area contributed by atoms with Gasteiger partial charge in [-0.3, -0.25) is 9.36 Å². The predicted molar refractivity (Wildman–Crippen MR) is 92.7 cm³/mol. The van der Waals surface area contributed by atoms with Crippen LogP contribution in [0, 0.1) is 0 Å². The van der Waals surface area contributed by atoms with Crippen molar-refractivity contribution in [3.8, 4) is 0 Å². The zero-order valence-electron chi connectivity index (χ0n) is 14.2. The number of aromatic carboxylic acids is 1. The zero-order valence-corrected chi connectivity index (χ0v) is 14.2. The maximum atomic E-state index is 12.7. The fraction of sp³-hybridized carbons (Fsp3) is 0.412. The van der Waals surface area contributed by atoms with Gasteiger partial charge in [-0.15, -0.1) is 0 Å². The number of rotatable bonds is 3. The van der Waals surface area contributed by atoms with Crippen LogP contribution >= 0.6 is 0 Å². The molecule has 1 fully saturated rings. The van der Waals surface area contributed by atoms with Crippen LogP contribution in [0.5, 0.6) is 0 Å². The maximum absolute atomic E-state index is 12.7. The Hall–Kier alpha value is -3.10. The second-order valence-electron chi connectivity index (χ2n) is 6.09. The first-order valence-electron chi connectivity index (χ1n) is 8.36. The first kappa shape index (κ1) is 17.7. The average molecular weight is 361 g/mol. The third kappa shape index (κ3) is 3.19. The molecule has 0 aliphatic carbocycles. The summed E-state index contributed by atoms with van der Waals surface area (Å²) in [7, 11) is 0. The molecule has 1 aromatic heterocycles. The number of ether oxygens (including phenoxy) is 1. The van der Waals surface area contributed by atoms with Gasteiger partial charge in [-0.25, -0.2) is 14.4 Å². The van der Waals surface area contributed by atoms with E-state index < -0.39 is 23.3 Å². The molecule has 1 saturated heterocycles. The molecule has 1 aromatic carbocycles. The number of aromatic nitrogens is 2. The van der Waals surface area contributed by atoms with Gasteiger partial charge in [0.1, 0.15) is 0 Å². The van der Waals surface area contributed by atoms with E-state index in [1.165, 1.54) is 18.2 Å². The van der Waals surface area contributed by atoms with Gasteiger partial charge < -0.3 is 19.7 Å². The van der Waals surface area contributed by atoms with Gasteiger partial charge in [0.15, 0.2) is 0 Å². The second kappa shape index (κ2) is 7.03. The molecular weight excluding hydrogens is 342 g/mol. The van der Waals surface area contributed by atoms with Gasteiger partial charge in [0.2, 0.25) is 0 Å². The van der Waals surface area contributed by atoms with E-state index in [9.17, 15) is 19.2 Å². The minimum absolute atomic E-state index is 0.00644. The number of carboxylic acids is 1. The van der Waals surface area contributed by atoms with Crippen molar-refractivity contribution >= 4 is 23.0 Å². The van der Waals surface area contributed by atoms with Crippen LogP contribution < -0.4 is 11.2 Å². The van der Waals surface area contributed by atoms with Crippen molar-refractivity contribution in [2.45, 2.75) is 25.8 Å². The van der Waals surface area contributed by atoms with Crippen LogP contribution in [-0.4, -0.2) is 51.3 Å². The molecule has 138 valence electrons. The van der Waals surface area contributed by atoms with Crippen molar-refractivity contribution in [3.05, 3.63) is 44.6 Å². The van der Waals surface area contributed by atoms with Gasteiger partial charge in [-0.1, -0.05) is 0 Å². The Balaban J connectivity index is 1.91. The standard InChI is InChI=1S/C17H19N3O6/c1-2-26-17(25)19-7-5-11(6-8-19)20-14(21)12-4-3-10(15(22)23)9-13(12)18-16(20)24/h3-4,9,11H,2,5-8H2,1H3,(H,18,24)(H,22,23). The normalized spacial score (nSPS) is 15.2. The van der Waals surface area contributed by atoms with Crippen molar-refractivity contribution in [2.24, 2.45) is 0 Å². The number of aromatic amines is 1. The molecule has 2 N–H and O–H groups in total. The Labute approximate surface area is 147 Å². The number of nitrogens with zero attached hydrogens (tertiary/aromatic N) is 2. The number of hydrogen-bond acceptors (Lipinski definition) is 5. The number of H-pyrrole nitrogens is 1. The lowest BCUT2D eigenvalue weighted by Gasteiger charge is -2.31. The van der Waals surface area contributed by atoms with E-state index in [2.05, 4.69) is 4.98 Å². The molecule has 26 heavy (non-hydrogen) atoms. The van der Waals surface area contributed by atoms with Crippen LogP contribution in [-0.2, 0) is 4.74 Å². The van der Waals surface area contributed by atoms with Crippen molar-refractivity contribution in [2.75, 3.05) is 19.7 Å². The molecule has 0 atom stereocenters. The molecule has 2 heterocycles. The Morgan fingerprint density at radius 3 is 2.58 bits per heavy atom. The number of amides is 1. The Morgan fingerprint density at radius 1 is 1.27 bits per heavy atom. The summed E-state index contributed by atoms with van der Waals surface area (Å²) in [6.07, 6.45) is 0.521. The van der Waals surface area contributed by atoms with Crippen molar-refractivity contribution in [1.82, 2.24) is 14.5 Å². The van der Waals surface area contributed by atoms with Gasteiger partial charge in [0.25, 0.3) is 5.56 Å². The number of fused-ring (bicyclic) bond motifs is 1. The number of carbonyl (C=O) groups is 2. The summed E-state index contributed by atoms with van der Waals surface area (Å²) in [6.45, 7) is 2.81. The first-order chi connectivity index (χ1) is 12.4. The van der Waals surface area contributed by atoms with Crippen LogP contribution in [0.25, 0.3) is 10.9 Å². The molecule has 0 bridgehead atoms. The molecule has 1 aliphatic rings. The molecule has 9 nitrogen and oxygen atoms in total. The van der Waals surface area contributed by atoms with E-state index in [-0.39, 0.29) is 22.5 Å². The van der Waals surface area contributed by atoms with E-state index >= 15 is 0 Å². The topological polar surface area (TPSA) is 122 Å². The first-order valence-corrected chi connectivity index (χ1v) is 8.36. The monoisotopic (exact) mass is 361 g/mol. The molecular formula is C17H19N3O6. The van der Waals surface area contributed by atoms with Crippen LogP contribution in [0.15, 0.2) is 27.8 Å². The summed E-state index contributed by atoms with van der Waals surface area (Å²) in [4.78, 5) is 52.1. The summed E-state index contributed by atoms with van der Waals surface area (Å²) < 4.78 is 6.12. The van der Waals surface area contributed by atoms with Crippen LogP contribution in [0.1, 0.15) is 36.2 Å². The Kier molecular flexibility index (Phi) is 4.79. The van der Waals surface area contributed by atoms with Crippen molar-refractivity contribution in [3.63, 3.8) is 0 Å². The number of carbonyl (C=O) groups excluding carboxylic acids is 1. The number of carboxylic acid groups (broad SMARTS) is 1. The molecule has 0 spiro atoms. The highest BCUT2D eigenvalue weighted by atomic mass is 16.6. The lowest BCUT2D eigenvalue weighted by atomic mass is 10.0. The highest BCUT2D eigenvalue weighted by Gasteiger charge is 2.27. The predicted octanol–water partition coefficient (Wildman–Crippen LogP) is 1.18. The van der Waals surface area contributed by atoms with E-state index in [1.807, 2.05) is 0 Å². The van der Waals surface area contributed by atoms with E-state index in [0.29, 0.717) is 32.5 Å². The third-order valence-corrected chi connectivity index (χ3v) is 4.53. The number of benzene rings is 1. The summed E-state index contributed by atoms with van der Waals surface area (Å²) in [5, 5.41) is 9.28. The maximum Gasteiger partial charge on any atom is 0.409 e. The fourth-order valence-corrected chi connectivity index (χ4v) is 3.22. The SMILES string of the molecule is CCOC(=O)N1CCC(n2c(=O)[nH]c3cc(C(=O)O)ccc3c2=O)CC1. The average Bonchev–Trinajstić information content (AvgIpc) is 2.62. The molecule has 0 saturated carbocycles. The number of piperidine rings is 1. The highest BCUT2D eigenvalue weighted by molar-refractivity contribution is 5.92. The molecule has 3 rings (SSSR count). The minimum Gasteiger partial charge on any atom is -0.478 e. The van der Waals surface area contributed by atoms with E-state index in [1.54, 1.807) is 11.8 Å². The lowest BCUT2D eigenvalue weighted by Crippen LogP contribution is -2.45. The van der Waals surface area contributed by atoms with Crippen molar-refractivity contribution < 1.29 is 19.4 Å². The molecule has 9 heteroatoms. The Bertz CT molecular complexity index is 969. The van der Waals surface area contributed by atoms with Crippen LogP contribution in [0.4, 0.5) is 4.79 Å². The van der Waals surface area contributed by atoms with Gasteiger partial charge in [0.05, 0.1) is 23.1 Å². The molecule has 1 aliphatic heterocycles. The Morgan fingerprint density at radius 2 is 1.96 bits per heavy atom. The number of nitrogens with one attached hydrogen (secondary N) is 1. The molecule has 0 radical (unpaired) electrons. The molecule has 0 unspecified atom stereocenters. The zero-order chi connectivity index (χ0) is 18.8. The largest absolute Gasteiger partial charge is 0.478 e. The van der Waals surface area contributed by atoms with E-state index in [4.69, 9.17) is 9.84 Å². The third-order valence-electron chi connectivity index (χ3n) is 4.53. The fourth-order valence-electron chi connectivity index (χ4n) is 3.22. The van der Waals surface area contributed by atoms with Gasteiger partial charge in [-0.05, 0) is 38.0 Å². The summed E-state index contributed by atoms with van der Waals surface area (Å²) in [5.41, 5.74) is -0.858. The highest BCUT2D eigenvalue weighted by Crippen LogP contribution is 2.21. The van der Waals surface area contributed by atoms with Crippen LogP contribution in [0.3, 0.4) is 0 Å². The number of hydrogen-bond donors (Lipinski definition) is 2. The quantitative estimate of drug-likeness (QED) is 0.847. The lowest BCUT2D eigenvalue weighted by molar-refractivity contribution is 0.0696. The van der Waals surface area contributed by atoms with E-state index in [0.717, 1.165) is 4.57 Å². The van der Waals surface area contributed by atoms with Crippen LogP contribution in [0.2, 0.25) is 0 Å². The summed E-state index contributed by atoms with van der Waals surface area (Å²) in [5.74, 6) is -1.14. The molecule has 1 amide bonds. The van der Waals surface area contributed by atoms with Gasteiger partial charge >= 0.3 is 17.8 Å². The number of likely N-dealkylation sites (tertiary alicyclic amines) is 1. The summed E-state index contributed by atoms with van der Waals surface area (Å²) >= 11 is 0. The second-order valence-corrected chi connectivity index (χ2v) is 6.09. The smallest absolute Gasteiger partial charge is 0.409 e. The molecule has 2 aromatic rings. The summed E-state index contributed by atoms with van der Waals surface area (Å²) in [6, 6.07) is 3.67. The van der Waals surface area contributed by atoms with Gasteiger partial charge in [0, 0.05) is 19.1 Å².